The Bertz CT molecular complexity index is 3760. The van der Waals surface area contributed by atoms with Crippen molar-refractivity contribution in [3.8, 4) is 56.6 Å². The number of piperidine rings is 2. The fourth-order valence-corrected chi connectivity index (χ4v) is 10.3. The molecule has 12 rings (SSSR count). The molecule has 2 aliphatic rings. The second-order valence-electron chi connectivity index (χ2n) is 19.7. The molecule has 0 amide bonds. The number of aliphatic carboxylic acids is 1. The number of nitrogens with zero attached hydrogens (tertiary/aromatic N) is 10. The molecule has 15 heteroatoms. The third kappa shape index (κ3) is 13.1. The number of carboxylic acids is 1. The smallest absolute Gasteiger partial charge is 0.308 e. The van der Waals surface area contributed by atoms with Crippen LogP contribution >= 0.6 is 0 Å². The van der Waals surface area contributed by atoms with Crippen molar-refractivity contribution < 1.29 is 38.0 Å². The van der Waals surface area contributed by atoms with Crippen LogP contribution in [0.1, 0.15) is 62.5 Å². The van der Waals surface area contributed by atoms with E-state index in [0.29, 0.717) is 12.8 Å². The molecule has 2 saturated heterocycles. The molecule has 79 heavy (non-hydrogen) atoms. The number of rotatable bonds is 10. The van der Waals surface area contributed by atoms with Gasteiger partial charge in [-0.15, -0.1) is 0 Å². The van der Waals surface area contributed by atoms with E-state index >= 15 is 0 Å². The number of ether oxygens (including phenoxy) is 1. The number of hydrogen-bond donors (Lipinski definition) is 1. The summed E-state index contributed by atoms with van der Waals surface area (Å²) < 4.78 is 8.57. The summed E-state index contributed by atoms with van der Waals surface area (Å²) in [7, 11) is 1.47. The Morgan fingerprint density at radius 3 is 1.37 bits per heavy atom. The molecule has 10 aromatic rings. The number of pyridine rings is 2. The van der Waals surface area contributed by atoms with E-state index < -0.39 is 5.97 Å². The van der Waals surface area contributed by atoms with Crippen molar-refractivity contribution in [1.29, 1.82) is 0 Å². The van der Waals surface area contributed by atoms with E-state index in [4.69, 9.17) is 14.7 Å². The molecule has 8 heterocycles. The minimum Gasteiger partial charge on any atom is -0.481 e. The second-order valence-corrected chi connectivity index (χ2v) is 19.7. The second kappa shape index (κ2) is 26.0. The van der Waals surface area contributed by atoms with Gasteiger partial charge in [-0.3, -0.25) is 25.3 Å². The van der Waals surface area contributed by atoms with Gasteiger partial charge < -0.3 is 15.8 Å². The van der Waals surface area contributed by atoms with Crippen molar-refractivity contribution >= 4 is 45.3 Å². The summed E-state index contributed by atoms with van der Waals surface area (Å²) in [5.41, 5.74) is 15.7. The van der Waals surface area contributed by atoms with Gasteiger partial charge in [-0.2, -0.15) is 26.2 Å². The zero-order valence-electron chi connectivity index (χ0n) is 44.4. The predicted octanol–water partition coefficient (Wildman–Crippen LogP) is 12.0. The summed E-state index contributed by atoms with van der Waals surface area (Å²) in [4.78, 5) is 47.2. The van der Waals surface area contributed by atoms with E-state index in [0.717, 1.165) is 142 Å². The molecule has 4 aromatic carbocycles. The van der Waals surface area contributed by atoms with Crippen LogP contribution in [-0.4, -0.2) is 99.3 Å². The first-order chi connectivity index (χ1) is 37.5. The number of benzene rings is 4. The van der Waals surface area contributed by atoms with E-state index in [1.54, 1.807) is 6.92 Å². The van der Waals surface area contributed by atoms with Crippen LogP contribution in [0.15, 0.2) is 146 Å². The molecule has 14 nitrogen and oxygen atoms in total. The summed E-state index contributed by atoms with van der Waals surface area (Å²) in [6.07, 6.45) is 6.87. The van der Waals surface area contributed by atoms with Gasteiger partial charge in [0.05, 0.1) is 41.7 Å². The van der Waals surface area contributed by atoms with Crippen LogP contribution in [0.3, 0.4) is 0 Å². The Labute approximate surface area is 473 Å². The first-order valence-electron chi connectivity index (χ1n) is 26.1. The number of likely N-dealkylation sites (tertiary alicyclic amines) is 2. The van der Waals surface area contributed by atoms with Gasteiger partial charge in [0, 0.05) is 89.2 Å². The van der Waals surface area contributed by atoms with Crippen LogP contribution in [-0.2, 0) is 46.0 Å². The van der Waals surface area contributed by atoms with Crippen molar-refractivity contribution in [3.63, 3.8) is 0 Å². The summed E-state index contributed by atoms with van der Waals surface area (Å²) in [6.45, 7) is 14.1. The number of carboxylic acid groups (broad SMARTS) is 1. The molecular formula is C64H65N10O4V-. The average Bonchev–Trinajstić information content (AvgIpc) is 4.27. The van der Waals surface area contributed by atoms with Gasteiger partial charge in [-0.1, -0.05) is 124 Å². The Hall–Kier alpha value is -8.19. The topological polar surface area (TPSA) is 156 Å². The fourth-order valence-electron chi connectivity index (χ4n) is 10.3. The summed E-state index contributed by atoms with van der Waals surface area (Å²) in [6, 6.07) is 46.1. The van der Waals surface area contributed by atoms with Crippen LogP contribution in [0.5, 0.6) is 0 Å². The molecule has 6 aromatic heterocycles. The Kier molecular flexibility index (Phi) is 18.7. The number of aryl methyl sites for hydroxylation is 2. The normalized spacial score (nSPS) is 14.0. The van der Waals surface area contributed by atoms with E-state index in [2.05, 4.69) is 134 Å². The van der Waals surface area contributed by atoms with E-state index in [1.165, 1.54) is 18.2 Å². The quantitative estimate of drug-likeness (QED) is 0.0787. The molecule has 0 unspecified atom stereocenters. The van der Waals surface area contributed by atoms with Crippen molar-refractivity contribution in [2.45, 2.75) is 67.0 Å². The first kappa shape index (κ1) is 57.0. The zero-order chi connectivity index (χ0) is 53.4. The van der Waals surface area contributed by atoms with E-state index in [-0.39, 0.29) is 43.8 Å². The zero-order valence-corrected chi connectivity index (χ0v) is 45.8. The summed E-state index contributed by atoms with van der Waals surface area (Å²) in [5.74, 6) is 4.06. The fraction of sp³-hybridized carbons (Fsp3) is 0.266. The van der Waals surface area contributed by atoms with Gasteiger partial charge in [-0.05, 0) is 100 Å². The Balaban J connectivity index is 0.000000190. The van der Waals surface area contributed by atoms with Gasteiger partial charge in [0.2, 0.25) is 0 Å². The monoisotopic (exact) mass is 1090 g/mol. The third-order valence-corrected chi connectivity index (χ3v) is 14.4. The van der Waals surface area contributed by atoms with Crippen molar-refractivity contribution in [1.82, 2.24) is 49.0 Å². The minimum atomic E-state index is -0.672. The Morgan fingerprint density at radius 1 is 0.608 bits per heavy atom. The van der Waals surface area contributed by atoms with E-state index in [1.807, 2.05) is 83.8 Å². The van der Waals surface area contributed by atoms with Gasteiger partial charge in [-0.25, -0.2) is 19.9 Å². The molecule has 2 aliphatic heterocycles. The third-order valence-electron chi connectivity index (χ3n) is 14.4. The number of esters is 1. The van der Waals surface area contributed by atoms with Crippen LogP contribution in [0.4, 0.5) is 0 Å². The number of carbonyl (C=O) groups excluding carboxylic acids is 1. The van der Waals surface area contributed by atoms with E-state index in [9.17, 15) is 14.7 Å². The summed E-state index contributed by atoms with van der Waals surface area (Å²) in [5, 5.41) is 20.4. The number of carbonyl (C=O) groups is 2. The van der Waals surface area contributed by atoms with Gasteiger partial charge in [0.25, 0.3) is 0 Å². The molecule has 0 spiro atoms. The SMILES string of the molecule is C.COC(=O)C1CCN(Cc2ccc(-c3nc4c(cnc5cc(C)nn54)cc3-c3ccccc3)cc2)CC1.Cc1cc2ncc3cc(-c4ccccc4)c(-c4ccc(CN5CCC(C(=O)O)CC5)cc4)nc3n2n1.[CH2-]C#CC.[V]. The van der Waals surface area contributed by atoms with Crippen LogP contribution in [0.2, 0.25) is 0 Å². The maximum absolute atomic E-state index is 11.8. The van der Waals surface area contributed by atoms with Gasteiger partial charge >= 0.3 is 11.9 Å². The standard InChI is InChI=1S/C30H29N5O2.C29H27N5O2.C4H5.CH4.V/c1-20-16-27-31-18-25-17-26(22-6-4-3-5-7-22)28(32-29(25)35(27)33-20)23-10-8-21(9-11-23)19-34-14-12-24(13-15-34)30(36)37-2;1-19-15-26-30-17-24-16-25(21-5-3-2-4-6-21)27(31-28(24)34(26)32-19)22-9-7-20(8-10-22)18-33-13-11-23(12-14-33)29(35)36;1-3-4-2;;/h3-11,16-18,24H,12-15,19H2,1-2H3;2-10,15-17,23H,11-14,18H2,1H3,(H,35,36);1H2,2H3;1H4;/q;;-1;;. The first-order valence-corrected chi connectivity index (χ1v) is 26.1. The molecule has 1 N–H and O–H groups in total. The molecule has 401 valence electrons. The van der Waals surface area contributed by atoms with Crippen LogP contribution in [0.25, 0.3) is 78.1 Å². The van der Waals surface area contributed by atoms with Crippen molar-refractivity contribution in [2.24, 2.45) is 11.8 Å². The molecule has 0 saturated carbocycles. The largest absolute Gasteiger partial charge is 0.481 e. The maximum Gasteiger partial charge on any atom is 0.308 e. The van der Waals surface area contributed by atoms with Crippen LogP contribution in [0, 0.1) is 44.4 Å². The minimum absolute atomic E-state index is 0. The average molecular weight is 1090 g/mol. The van der Waals surface area contributed by atoms with Crippen molar-refractivity contribution in [3.05, 3.63) is 175 Å². The number of fused-ring (bicyclic) bond motifs is 6. The van der Waals surface area contributed by atoms with Crippen molar-refractivity contribution in [2.75, 3.05) is 33.3 Å². The molecular weight excluding hydrogens is 1020 g/mol. The molecule has 1 radical (unpaired) electrons. The van der Waals surface area contributed by atoms with Gasteiger partial charge in [0.1, 0.15) is 0 Å². The molecule has 0 atom stereocenters. The van der Waals surface area contributed by atoms with Crippen LogP contribution < -0.4 is 0 Å². The molecule has 0 bridgehead atoms. The summed E-state index contributed by atoms with van der Waals surface area (Å²) >= 11 is 0. The number of hydrogen-bond acceptors (Lipinski definition) is 11. The number of aromatic nitrogens is 8. The number of methoxy groups -OCH3 is 1. The molecule has 2 fully saturated rings. The predicted molar refractivity (Wildman–Crippen MR) is 309 cm³/mol. The van der Waals surface area contributed by atoms with Gasteiger partial charge in [0.15, 0.2) is 22.6 Å². The Morgan fingerprint density at radius 2 is 1.00 bits per heavy atom. The molecule has 0 aliphatic carbocycles. The maximum atomic E-state index is 11.8.